The first-order valence-electron chi connectivity index (χ1n) is 5.62. The van der Waals surface area contributed by atoms with Crippen molar-refractivity contribution < 1.29 is 37.0 Å². The van der Waals surface area contributed by atoms with Crippen LogP contribution in [-0.4, -0.2) is 48.7 Å². The van der Waals surface area contributed by atoms with Crippen LogP contribution < -0.4 is 0 Å². The van der Waals surface area contributed by atoms with E-state index in [4.69, 9.17) is 5.11 Å². The Labute approximate surface area is 116 Å². The Balaban J connectivity index is 3.17. The molecule has 5 nitrogen and oxygen atoms in total. The zero-order valence-corrected chi connectivity index (χ0v) is 10.8. The van der Waals surface area contributed by atoms with Gasteiger partial charge in [-0.15, -0.1) is 0 Å². The number of rotatable bonds is 6. The van der Waals surface area contributed by atoms with Crippen molar-refractivity contribution in [1.82, 2.24) is 4.90 Å². The summed E-state index contributed by atoms with van der Waals surface area (Å²) in [7, 11) is 1.28. The molecule has 0 saturated carbocycles. The summed E-state index contributed by atoms with van der Waals surface area (Å²) < 4.78 is 57.1. The number of ether oxygens (including phenoxy) is 1. The fourth-order valence-corrected chi connectivity index (χ4v) is 1.52. The second-order valence-electron chi connectivity index (χ2n) is 3.96. The molecule has 1 rings (SSSR count). The molecule has 0 heterocycles. The normalized spacial score (nSPS) is 10.5. The lowest BCUT2D eigenvalue weighted by atomic mass is 10.1. The Bertz CT molecular complexity index is 565. The van der Waals surface area contributed by atoms with Gasteiger partial charge in [0.1, 0.15) is 6.54 Å². The van der Waals surface area contributed by atoms with Crippen molar-refractivity contribution in [3.63, 3.8) is 0 Å². The quantitative estimate of drug-likeness (QED) is 0.490. The zero-order chi connectivity index (χ0) is 16.2. The molecule has 0 aromatic heterocycles. The lowest BCUT2D eigenvalue weighted by Gasteiger charge is -2.20. The molecule has 0 fully saturated rings. The Hall–Kier alpha value is -2.16. The van der Waals surface area contributed by atoms with E-state index >= 15 is 0 Å². The van der Waals surface area contributed by atoms with Gasteiger partial charge in [0.05, 0.1) is 12.2 Å². The maximum Gasteiger partial charge on any atom is 0.323 e. The van der Waals surface area contributed by atoms with Gasteiger partial charge in [-0.05, 0) is 6.07 Å². The number of hydrogen-bond acceptors (Lipinski definition) is 3. The van der Waals surface area contributed by atoms with Crippen molar-refractivity contribution in [2.45, 2.75) is 0 Å². The predicted octanol–water partition coefficient (Wildman–Crippen LogP) is 1.42. The van der Waals surface area contributed by atoms with Gasteiger partial charge in [0.2, 0.25) is 0 Å². The Morgan fingerprint density at radius 1 is 1.19 bits per heavy atom. The number of benzene rings is 1. The molecule has 0 aliphatic heterocycles. The van der Waals surface area contributed by atoms with Crippen LogP contribution in [-0.2, 0) is 9.53 Å². The summed E-state index contributed by atoms with van der Waals surface area (Å²) in [4.78, 5) is 23.2. The van der Waals surface area contributed by atoms with Crippen molar-refractivity contribution in [1.29, 1.82) is 0 Å². The molecule has 1 N–H and O–H groups in total. The van der Waals surface area contributed by atoms with Gasteiger partial charge >= 0.3 is 5.97 Å². The van der Waals surface area contributed by atoms with Gasteiger partial charge in [-0.3, -0.25) is 9.59 Å². The van der Waals surface area contributed by atoms with E-state index in [1.807, 2.05) is 0 Å². The Morgan fingerprint density at radius 2 is 1.81 bits per heavy atom. The van der Waals surface area contributed by atoms with Crippen molar-refractivity contribution >= 4 is 11.9 Å². The van der Waals surface area contributed by atoms with Gasteiger partial charge in [-0.25, -0.2) is 17.6 Å². The zero-order valence-electron chi connectivity index (χ0n) is 10.8. The number of amides is 1. The van der Waals surface area contributed by atoms with Gasteiger partial charge in [-0.1, -0.05) is 0 Å². The number of carboxylic acids is 1. The lowest BCUT2D eigenvalue weighted by Crippen LogP contribution is -2.38. The highest BCUT2D eigenvalue weighted by atomic mass is 19.2. The van der Waals surface area contributed by atoms with Crippen molar-refractivity contribution in [3.05, 3.63) is 34.9 Å². The van der Waals surface area contributed by atoms with E-state index in [9.17, 15) is 27.2 Å². The van der Waals surface area contributed by atoms with Crippen molar-refractivity contribution in [2.75, 3.05) is 26.8 Å². The minimum absolute atomic E-state index is 0.0766. The molecule has 1 amide bonds. The fraction of sp³-hybridized carbons (Fsp3) is 0.333. The standard InChI is InChI=1S/C12H11F4NO4/c1-21-3-2-17(5-8(18)19)12(20)6-4-7(13)10(15)11(16)9(6)14/h4H,2-3,5H2,1H3,(H,18,19). The number of carbonyl (C=O) groups is 2. The molecule has 1 aromatic carbocycles. The van der Waals surface area contributed by atoms with Crippen LogP contribution in [0.15, 0.2) is 6.07 Å². The number of nitrogens with zero attached hydrogens (tertiary/aromatic N) is 1. The van der Waals surface area contributed by atoms with Crippen LogP contribution in [0.5, 0.6) is 0 Å². The molecule has 1 aromatic rings. The summed E-state index contributed by atoms with van der Waals surface area (Å²) in [5.74, 6) is -10.5. The second kappa shape index (κ2) is 7.02. The average Bonchev–Trinajstić information content (AvgIpc) is 2.44. The van der Waals surface area contributed by atoms with E-state index in [1.165, 1.54) is 7.11 Å². The van der Waals surface area contributed by atoms with Gasteiger partial charge in [-0.2, -0.15) is 0 Å². The van der Waals surface area contributed by atoms with Crippen LogP contribution >= 0.6 is 0 Å². The van der Waals surface area contributed by atoms with E-state index in [0.29, 0.717) is 4.90 Å². The van der Waals surface area contributed by atoms with Crippen LogP contribution in [0.4, 0.5) is 17.6 Å². The predicted molar refractivity (Wildman–Crippen MR) is 61.7 cm³/mol. The molecule has 0 atom stereocenters. The van der Waals surface area contributed by atoms with Crippen LogP contribution in [0.3, 0.4) is 0 Å². The molecule has 9 heteroatoms. The number of carboxylic acid groups (broad SMARTS) is 1. The van der Waals surface area contributed by atoms with Crippen molar-refractivity contribution in [3.8, 4) is 0 Å². The van der Waals surface area contributed by atoms with Gasteiger partial charge < -0.3 is 14.7 Å². The Morgan fingerprint density at radius 3 is 2.33 bits per heavy atom. The van der Waals surface area contributed by atoms with Gasteiger partial charge in [0, 0.05) is 13.7 Å². The third-order valence-electron chi connectivity index (χ3n) is 2.51. The number of hydrogen-bond donors (Lipinski definition) is 1. The Kier molecular flexibility index (Phi) is 5.65. The maximum absolute atomic E-state index is 13.5. The van der Waals surface area contributed by atoms with Crippen LogP contribution in [0.1, 0.15) is 10.4 Å². The van der Waals surface area contributed by atoms with Crippen molar-refractivity contribution in [2.24, 2.45) is 0 Å². The van der Waals surface area contributed by atoms with Crippen LogP contribution in [0, 0.1) is 23.3 Å². The van der Waals surface area contributed by atoms with E-state index in [0.717, 1.165) is 0 Å². The minimum atomic E-state index is -2.14. The third kappa shape index (κ3) is 3.91. The first-order valence-corrected chi connectivity index (χ1v) is 5.62. The topological polar surface area (TPSA) is 66.8 Å². The SMILES string of the molecule is COCCN(CC(=O)O)C(=O)c1cc(F)c(F)c(F)c1F. The van der Waals surface area contributed by atoms with E-state index < -0.39 is 47.3 Å². The number of methoxy groups -OCH3 is 1. The molecule has 0 unspecified atom stereocenters. The molecule has 0 radical (unpaired) electrons. The van der Waals surface area contributed by atoms with Crippen LogP contribution in [0.25, 0.3) is 0 Å². The average molecular weight is 309 g/mol. The van der Waals surface area contributed by atoms with E-state index in [2.05, 4.69) is 4.74 Å². The third-order valence-corrected chi connectivity index (χ3v) is 2.51. The molecule has 0 bridgehead atoms. The van der Waals surface area contributed by atoms with E-state index in [-0.39, 0.29) is 19.2 Å². The summed E-state index contributed by atoms with van der Waals surface area (Å²) in [5, 5.41) is 8.67. The molecular formula is C12H11F4NO4. The molecule has 116 valence electrons. The molecule has 0 aliphatic carbocycles. The molecular weight excluding hydrogens is 298 g/mol. The summed E-state index contributed by atoms with van der Waals surface area (Å²) in [6.45, 7) is -1.16. The summed E-state index contributed by atoms with van der Waals surface area (Å²) >= 11 is 0. The monoisotopic (exact) mass is 309 g/mol. The molecule has 0 spiro atoms. The van der Waals surface area contributed by atoms with E-state index in [1.54, 1.807) is 0 Å². The number of carbonyl (C=O) groups excluding carboxylic acids is 1. The van der Waals surface area contributed by atoms with Crippen LogP contribution in [0.2, 0.25) is 0 Å². The second-order valence-corrected chi connectivity index (χ2v) is 3.96. The smallest absolute Gasteiger partial charge is 0.323 e. The highest BCUT2D eigenvalue weighted by molar-refractivity contribution is 5.96. The fourth-order valence-electron chi connectivity index (χ4n) is 1.52. The van der Waals surface area contributed by atoms with Gasteiger partial charge in [0.25, 0.3) is 5.91 Å². The highest BCUT2D eigenvalue weighted by Crippen LogP contribution is 2.20. The summed E-state index contributed by atoms with van der Waals surface area (Å²) in [5.41, 5.74) is -1.09. The lowest BCUT2D eigenvalue weighted by molar-refractivity contribution is -0.137. The number of aliphatic carboxylic acids is 1. The maximum atomic E-state index is 13.5. The molecule has 0 aliphatic rings. The summed E-state index contributed by atoms with van der Waals surface area (Å²) in [6, 6.07) is 0.178. The number of halogens is 4. The first-order chi connectivity index (χ1) is 9.79. The molecule has 0 saturated heterocycles. The largest absolute Gasteiger partial charge is 0.480 e. The first kappa shape index (κ1) is 16.9. The van der Waals surface area contributed by atoms with Gasteiger partial charge in [0.15, 0.2) is 23.3 Å². The highest BCUT2D eigenvalue weighted by Gasteiger charge is 2.27. The molecule has 21 heavy (non-hydrogen) atoms. The summed E-state index contributed by atoms with van der Waals surface area (Å²) in [6.07, 6.45) is 0. The minimum Gasteiger partial charge on any atom is -0.480 e.